The number of rotatable bonds is 6. The summed E-state index contributed by atoms with van der Waals surface area (Å²) in [5.74, 6) is 0.745. The topological polar surface area (TPSA) is 59.1 Å². The van der Waals surface area contributed by atoms with Crippen molar-refractivity contribution in [1.82, 2.24) is 4.90 Å². The first-order valence-electron chi connectivity index (χ1n) is 9.49. The van der Waals surface area contributed by atoms with Crippen molar-refractivity contribution in [2.75, 3.05) is 44.8 Å². The van der Waals surface area contributed by atoms with Crippen molar-refractivity contribution in [3.63, 3.8) is 0 Å². The molecular weight excluding hydrogens is 392 g/mol. The minimum absolute atomic E-state index is 0.0567. The van der Waals surface area contributed by atoms with E-state index in [2.05, 4.69) is 11.8 Å². The highest BCUT2D eigenvalue weighted by molar-refractivity contribution is 6.30. The van der Waals surface area contributed by atoms with Gasteiger partial charge in [-0.1, -0.05) is 17.7 Å². The summed E-state index contributed by atoms with van der Waals surface area (Å²) in [4.78, 5) is 28.1. The maximum Gasteiger partial charge on any atom is 0.260 e. The molecule has 1 heterocycles. The molecule has 2 aromatic rings. The number of hydrogen-bond donors (Lipinski definition) is 0. The molecule has 0 N–H and O–H groups in total. The molecule has 2 aromatic carbocycles. The fourth-order valence-electron chi connectivity index (χ4n) is 3.36. The molecule has 6 nitrogen and oxygen atoms in total. The molecule has 3 rings (SSSR count). The van der Waals surface area contributed by atoms with Crippen molar-refractivity contribution in [3.05, 3.63) is 52.5 Å². The highest BCUT2D eigenvalue weighted by Crippen LogP contribution is 2.29. The van der Waals surface area contributed by atoms with Gasteiger partial charge in [-0.3, -0.25) is 9.59 Å². The summed E-state index contributed by atoms with van der Waals surface area (Å²) in [7, 11) is 1.50. The van der Waals surface area contributed by atoms with Crippen molar-refractivity contribution in [1.29, 1.82) is 0 Å². The predicted octanol–water partition coefficient (Wildman–Crippen LogP) is 3.59. The zero-order valence-electron chi connectivity index (χ0n) is 16.9. The number of amides is 1. The molecule has 7 heteroatoms. The number of methoxy groups -OCH3 is 1. The largest absolute Gasteiger partial charge is 0.493 e. The summed E-state index contributed by atoms with van der Waals surface area (Å²) >= 11 is 6.13. The predicted molar refractivity (Wildman–Crippen MR) is 113 cm³/mol. The van der Waals surface area contributed by atoms with E-state index >= 15 is 0 Å². The van der Waals surface area contributed by atoms with Crippen LogP contribution in [0.4, 0.5) is 5.69 Å². The van der Waals surface area contributed by atoms with Crippen molar-refractivity contribution in [3.8, 4) is 11.5 Å². The molecule has 0 spiro atoms. The van der Waals surface area contributed by atoms with Gasteiger partial charge in [0.1, 0.15) is 0 Å². The van der Waals surface area contributed by atoms with Gasteiger partial charge in [-0.05, 0) is 49.7 Å². The van der Waals surface area contributed by atoms with E-state index in [-0.39, 0.29) is 18.3 Å². The number of anilines is 1. The second-order valence-corrected chi connectivity index (χ2v) is 7.45. The molecule has 1 aliphatic rings. The van der Waals surface area contributed by atoms with Crippen LogP contribution in [-0.4, -0.2) is 56.5 Å². The third kappa shape index (κ3) is 5.01. The van der Waals surface area contributed by atoms with Gasteiger partial charge in [-0.2, -0.15) is 0 Å². The average Bonchev–Trinajstić information content (AvgIpc) is 2.73. The molecule has 29 heavy (non-hydrogen) atoms. The third-order valence-corrected chi connectivity index (χ3v) is 5.30. The van der Waals surface area contributed by atoms with Crippen LogP contribution in [-0.2, 0) is 4.79 Å². The number of hydrogen-bond acceptors (Lipinski definition) is 5. The maximum atomic E-state index is 12.6. The lowest BCUT2D eigenvalue weighted by Crippen LogP contribution is -2.50. The Hall–Kier alpha value is -2.73. The number of benzene rings is 2. The summed E-state index contributed by atoms with van der Waals surface area (Å²) in [5, 5.41) is 0.710. The van der Waals surface area contributed by atoms with Crippen LogP contribution >= 0.6 is 11.6 Å². The van der Waals surface area contributed by atoms with Gasteiger partial charge in [0.25, 0.3) is 5.91 Å². The molecule has 0 aromatic heterocycles. The van der Waals surface area contributed by atoms with Crippen molar-refractivity contribution < 1.29 is 19.1 Å². The van der Waals surface area contributed by atoms with Crippen LogP contribution in [0.2, 0.25) is 5.02 Å². The van der Waals surface area contributed by atoms with E-state index in [1.54, 1.807) is 23.1 Å². The van der Waals surface area contributed by atoms with E-state index in [1.165, 1.54) is 19.6 Å². The molecule has 0 bridgehead atoms. The van der Waals surface area contributed by atoms with Crippen LogP contribution in [0.25, 0.3) is 0 Å². The number of nitrogens with zero attached hydrogens (tertiary/aromatic N) is 2. The van der Waals surface area contributed by atoms with E-state index in [1.807, 2.05) is 18.2 Å². The fraction of sp³-hybridized carbons (Fsp3) is 0.364. The first-order valence-corrected chi connectivity index (χ1v) is 9.87. The van der Waals surface area contributed by atoms with E-state index in [0.29, 0.717) is 35.2 Å². The Morgan fingerprint density at radius 3 is 2.41 bits per heavy atom. The van der Waals surface area contributed by atoms with Gasteiger partial charge in [-0.25, -0.2) is 0 Å². The zero-order valence-corrected chi connectivity index (χ0v) is 17.7. The van der Waals surface area contributed by atoms with Crippen LogP contribution in [0.3, 0.4) is 0 Å². The molecule has 0 radical (unpaired) electrons. The molecule has 1 aliphatic heterocycles. The molecule has 0 unspecified atom stereocenters. The standard InChI is InChI=1S/C22H25ClN2O4/c1-15-4-6-18(23)13-19(15)24-8-10-25(11-9-24)22(27)14-29-20-7-5-17(16(2)26)12-21(20)28-3/h4-7,12-13H,8-11,14H2,1-3H3. The van der Waals surface area contributed by atoms with Crippen LogP contribution in [0.5, 0.6) is 11.5 Å². The van der Waals surface area contributed by atoms with Crippen molar-refractivity contribution in [2.24, 2.45) is 0 Å². The number of ether oxygens (including phenoxy) is 2. The Balaban J connectivity index is 1.56. The van der Waals surface area contributed by atoms with Gasteiger partial charge < -0.3 is 19.3 Å². The van der Waals surface area contributed by atoms with Crippen LogP contribution in [0.15, 0.2) is 36.4 Å². The SMILES string of the molecule is COc1cc(C(C)=O)ccc1OCC(=O)N1CCN(c2cc(Cl)ccc2C)CC1. The number of carbonyl (C=O) groups excluding carboxylic acids is 2. The molecule has 1 saturated heterocycles. The Kier molecular flexibility index (Phi) is 6.64. The highest BCUT2D eigenvalue weighted by Gasteiger charge is 2.23. The van der Waals surface area contributed by atoms with Gasteiger partial charge in [0, 0.05) is 42.5 Å². The van der Waals surface area contributed by atoms with Gasteiger partial charge in [-0.15, -0.1) is 0 Å². The Morgan fingerprint density at radius 2 is 1.76 bits per heavy atom. The minimum Gasteiger partial charge on any atom is -0.493 e. The summed E-state index contributed by atoms with van der Waals surface area (Å²) in [6.45, 7) is 6.19. The van der Waals surface area contributed by atoms with Crippen molar-refractivity contribution in [2.45, 2.75) is 13.8 Å². The first kappa shape index (κ1) is 21.0. The number of halogens is 1. The van der Waals surface area contributed by atoms with Crippen molar-refractivity contribution >= 4 is 29.0 Å². The number of piperazine rings is 1. The smallest absolute Gasteiger partial charge is 0.260 e. The van der Waals surface area contributed by atoms with Gasteiger partial charge in [0.2, 0.25) is 0 Å². The average molecular weight is 417 g/mol. The van der Waals surface area contributed by atoms with Crippen LogP contribution < -0.4 is 14.4 Å². The van der Waals surface area contributed by atoms with E-state index in [4.69, 9.17) is 21.1 Å². The summed E-state index contributed by atoms with van der Waals surface area (Å²) in [5.41, 5.74) is 2.81. The monoisotopic (exact) mass is 416 g/mol. The number of ketones is 1. The van der Waals surface area contributed by atoms with Gasteiger partial charge in [0.15, 0.2) is 23.9 Å². The fourth-order valence-corrected chi connectivity index (χ4v) is 3.52. The second-order valence-electron chi connectivity index (χ2n) is 7.01. The van der Waals surface area contributed by atoms with E-state index < -0.39 is 0 Å². The lowest BCUT2D eigenvalue weighted by atomic mass is 10.1. The Labute approximate surface area is 176 Å². The maximum absolute atomic E-state index is 12.6. The Morgan fingerprint density at radius 1 is 1.03 bits per heavy atom. The minimum atomic E-state index is -0.0786. The first-order chi connectivity index (χ1) is 13.9. The lowest BCUT2D eigenvalue weighted by Gasteiger charge is -2.36. The normalized spacial score (nSPS) is 13.9. The molecule has 1 fully saturated rings. The quantitative estimate of drug-likeness (QED) is 0.673. The number of carbonyl (C=O) groups is 2. The second kappa shape index (κ2) is 9.18. The van der Waals surface area contributed by atoms with E-state index in [9.17, 15) is 9.59 Å². The number of aryl methyl sites for hydroxylation is 1. The summed E-state index contributed by atoms with van der Waals surface area (Å²) < 4.78 is 10.9. The lowest BCUT2D eigenvalue weighted by molar-refractivity contribution is -0.133. The van der Waals surface area contributed by atoms with Gasteiger partial charge in [0.05, 0.1) is 7.11 Å². The summed E-state index contributed by atoms with van der Waals surface area (Å²) in [6.07, 6.45) is 0. The Bertz CT molecular complexity index is 908. The molecule has 154 valence electrons. The van der Waals surface area contributed by atoms with E-state index in [0.717, 1.165) is 18.8 Å². The molecule has 0 aliphatic carbocycles. The zero-order chi connectivity index (χ0) is 21.0. The van der Waals surface area contributed by atoms with Crippen LogP contribution in [0, 0.1) is 6.92 Å². The number of Topliss-reactive ketones (excluding diaryl/α,β-unsaturated/α-hetero) is 1. The molecular formula is C22H25ClN2O4. The van der Waals surface area contributed by atoms with Gasteiger partial charge >= 0.3 is 0 Å². The third-order valence-electron chi connectivity index (χ3n) is 5.07. The molecule has 0 atom stereocenters. The molecule has 0 saturated carbocycles. The molecule has 1 amide bonds. The highest BCUT2D eigenvalue weighted by atomic mass is 35.5. The summed E-state index contributed by atoms with van der Waals surface area (Å²) in [6, 6.07) is 10.8. The van der Waals surface area contributed by atoms with Crippen LogP contribution in [0.1, 0.15) is 22.8 Å².